The molecule has 3 aromatic carbocycles. The van der Waals surface area contributed by atoms with E-state index in [1.807, 2.05) is 19.1 Å². The van der Waals surface area contributed by atoms with E-state index in [-0.39, 0.29) is 10.9 Å². The summed E-state index contributed by atoms with van der Waals surface area (Å²) >= 11 is 5.12. The Labute approximate surface area is 173 Å². The SMILES string of the molecule is Cc1cccc(C(=O)Oc2ccc(/C=N\NC(=S)Nc3ccc(F)cc3)cc2)c1. The molecular formula is C22H18FN3O2S. The Morgan fingerprint density at radius 3 is 2.48 bits per heavy atom. The van der Waals surface area contributed by atoms with Gasteiger partial charge in [-0.15, -0.1) is 0 Å². The fourth-order valence-electron chi connectivity index (χ4n) is 2.42. The summed E-state index contributed by atoms with van der Waals surface area (Å²) in [6.45, 7) is 1.92. The van der Waals surface area contributed by atoms with E-state index in [2.05, 4.69) is 15.8 Å². The van der Waals surface area contributed by atoms with Crippen LogP contribution in [0.4, 0.5) is 10.1 Å². The lowest BCUT2D eigenvalue weighted by Gasteiger charge is -2.07. The monoisotopic (exact) mass is 407 g/mol. The molecule has 0 heterocycles. The molecule has 5 nitrogen and oxygen atoms in total. The third-order valence-corrected chi connectivity index (χ3v) is 4.02. The van der Waals surface area contributed by atoms with Gasteiger partial charge in [-0.25, -0.2) is 9.18 Å². The maximum absolute atomic E-state index is 12.9. The van der Waals surface area contributed by atoms with Crippen LogP contribution in [0, 0.1) is 12.7 Å². The first-order valence-corrected chi connectivity index (χ1v) is 9.15. The smallest absolute Gasteiger partial charge is 0.343 e. The molecule has 0 amide bonds. The predicted molar refractivity (Wildman–Crippen MR) is 116 cm³/mol. The maximum Gasteiger partial charge on any atom is 0.343 e. The van der Waals surface area contributed by atoms with Gasteiger partial charge >= 0.3 is 5.97 Å². The van der Waals surface area contributed by atoms with Gasteiger partial charge in [0.2, 0.25) is 0 Å². The molecule has 0 saturated carbocycles. The Balaban J connectivity index is 1.51. The summed E-state index contributed by atoms with van der Waals surface area (Å²) in [4.78, 5) is 12.2. The lowest BCUT2D eigenvalue weighted by molar-refractivity contribution is 0.0734. The highest BCUT2D eigenvalue weighted by atomic mass is 32.1. The minimum absolute atomic E-state index is 0.275. The van der Waals surface area contributed by atoms with Gasteiger partial charge in [-0.05, 0) is 85.4 Å². The standard InChI is InChI=1S/C22H18FN3O2S/c1-15-3-2-4-17(13-15)21(27)28-20-11-5-16(6-12-20)14-24-26-22(29)25-19-9-7-18(23)8-10-19/h2-14H,1H3,(H2,25,26,29)/b24-14-. The molecule has 0 aliphatic heterocycles. The van der Waals surface area contributed by atoms with Crippen molar-refractivity contribution < 1.29 is 13.9 Å². The van der Waals surface area contributed by atoms with Gasteiger partial charge < -0.3 is 10.1 Å². The summed E-state index contributed by atoms with van der Waals surface area (Å²) in [5.74, 6) is -0.287. The quantitative estimate of drug-likeness (QED) is 0.212. The molecule has 0 unspecified atom stereocenters. The highest BCUT2D eigenvalue weighted by Crippen LogP contribution is 2.14. The Hall–Kier alpha value is -3.58. The maximum atomic E-state index is 12.9. The number of nitrogens with one attached hydrogen (secondary N) is 2. The van der Waals surface area contributed by atoms with Crippen molar-refractivity contribution >= 4 is 35.2 Å². The van der Waals surface area contributed by atoms with Crippen molar-refractivity contribution in [1.29, 1.82) is 0 Å². The number of carbonyl (C=O) groups is 1. The first-order chi connectivity index (χ1) is 14.0. The number of hydrogen-bond acceptors (Lipinski definition) is 4. The summed E-state index contributed by atoms with van der Waals surface area (Å²) in [6, 6.07) is 19.9. The molecule has 3 rings (SSSR count). The second kappa shape index (κ2) is 9.57. The summed E-state index contributed by atoms with van der Waals surface area (Å²) < 4.78 is 18.3. The number of hydrogen-bond donors (Lipinski definition) is 2. The number of thiocarbonyl (C=S) groups is 1. The van der Waals surface area contributed by atoms with E-state index in [9.17, 15) is 9.18 Å². The van der Waals surface area contributed by atoms with Crippen LogP contribution in [0.15, 0.2) is 77.9 Å². The summed E-state index contributed by atoms with van der Waals surface area (Å²) in [5.41, 5.74) is 5.61. The van der Waals surface area contributed by atoms with Crippen LogP contribution in [0.3, 0.4) is 0 Å². The van der Waals surface area contributed by atoms with Crippen LogP contribution in [0.25, 0.3) is 0 Å². The van der Waals surface area contributed by atoms with Crippen molar-refractivity contribution in [2.24, 2.45) is 5.10 Å². The number of carbonyl (C=O) groups excluding carboxylic acids is 1. The van der Waals surface area contributed by atoms with E-state index < -0.39 is 5.97 Å². The van der Waals surface area contributed by atoms with Crippen molar-refractivity contribution in [3.8, 4) is 5.75 Å². The molecule has 0 spiro atoms. The first-order valence-electron chi connectivity index (χ1n) is 8.74. The summed E-state index contributed by atoms with van der Waals surface area (Å²) in [6.07, 6.45) is 1.57. The van der Waals surface area contributed by atoms with Gasteiger partial charge in [-0.3, -0.25) is 5.43 Å². The van der Waals surface area contributed by atoms with Crippen LogP contribution in [0.1, 0.15) is 21.5 Å². The molecule has 146 valence electrons. The molecule has 7 heteroatoms. The molecule has 3 aromatic rings. The number of ether oxygens (including phenoxy) is 1. The second-order valence-electron chi connectivity index (χ2n) is 6.16. The number of benzene rings is 3. The first kappa shape index (κ1) is 20.2. The van der Waals surface area contributed by atoms with Crippen LogP contribution >= 0.6 is 12.2 Å². The Bertz CT molecular complexity index is 1030. The number of rotatable bonds is 5. The molecule has 0 atom stereocenters. The molecule has 0 aliphatic rings. The van der Waals surface area contributed by atoms with Crippen molar-refractivity contribution in [1.82, 2.24) is 5.43 Å². The van der Waals surface area contributed by atoms with E-state index >= 15 is 0 Å². The van der Waals surface area contributed by atoms with Gasteiger partial charge in [0.25, 0.3) is 0 Å². The highest BCUT2D eigenvalue weighted by Gasteiger charge is 2.08. The second-order valence-corrected chi connectivity index (χ2v) is 6.57. The van der Waals surface area contributed by atoms with Crippen LogP contribution in [-0.4, -0.2) is 17.3 Å². The van der Waals surface area contributed by atoms with E-state index in [1.165, 1.54) is 12.1 Å². The van der Waals surface area contributed by atoms with Crippen LogP contribution < -0.4 is 15.5 Å². The fourth-order valence-corrected chi connectivity index (χ4v) is 2.59. The molecule has 0 aliphatic carbocycles. The predicted octanol–water partition coefficient (Wildman–Crippen LogP) is 4.67. The minimum Gasteiger partial charge on any atom is -0.423 e. The summed E-state index contributed by atoms with van der Waals surface area (Å²) in [5, 5.41) is 7.21. The molecular weight excluding hydrogens is 389 g/mol. The molecule has 0 saturated heterocycles. The third-order valence-electron chi connectivity index (χ3n) is 3.83. The normalized spacial score (nSPS) is 10.6. The van der Waals surface area contributed by atoms with Gasteiger partial charge in [0.05, 0.1) is 11.8 Å². The van der Waals surface area contributed by atoms with Crippen LogP contribution in [0.5, 0.6) is 5.75 Å². The van der Waals surface area contributed by atoms with Crippen molar-refractivity contribution in [2.75, 3.05) is 5.32 Å². The van der Waals surface area contributed by atoms with Gasteiger partial charge in [0.1, 0.15) is 11.6 Å². The number of nitrogens with zero attached hydrogens (tertiary/aromatic N) is 1. The highest BCUT2D eigenvalue weighted by molar-refractivity contribution is 7.80. The van der Waals surface area contributed by atoms with E-state index in [1.54, 1.807) is 54.7 Å². The van der Waals surface area contributed by atoms with E-state index in [4.69, 9.17) is 17.0 Å². The zero-order chi connectivity index (χ0) is 20.6. The molecule has 0 bridgehead atoms. The Morgan fingerprint density at radius 2 is 1.79 bits per heavy atom. The minimum atomic E-state index is -0.408. The van der Waals surface area contributed by atoms with E-state index in [0.29, 0.717) is 17.0 Å². The van der Waals surface area contributed by atoms with Gasteiger partial charge in [-0.1, -0.05) is 17.7 Å². The molecule has 0 fully saturated rings. The number of anilines is 1. The van der Waals surface area contributed by atoms with E-state index in [0.717, 1.165) is 11.1 Å². The molecule has 0 aromatic heterocycles. The number of esters is 1. The average molecular weight is 407 g/mol. The zero-order valence-corrected chi connectivity index (χ0v) is 16.4. The van der Waals surface area contributed by atoms with Crippen LogP contribution in [-0.2, 0) is 0 Å². The lowest BCUT2D eigenvalue weighted by atomic mass is 10.1. The van der Waals surface area contributed by atoms with Crippen LogP contribution in [0.2, 0.25) is 0 Å². The molecule has 0 radical (unpaired) electrons. The number of halogens is 1. The summed E-state index contributed by atoms with van der Waals surface area (Å²) in [7, 11) is 0. The molecule has 2 N–H and O–H groups in total. The van der Waals surface area contributed by atoms with Crippen molar-refractivity contribution in [2.45, 2.75) is 6.92 Å². The largest absolute Gasteiger partial charge is 0.423 e. The topological polar surface area (TPSA) is 62.7 Å². The average Bonchev–Trinajstić information content (AvgIpc) is 2.71. The van der Waals surface area contributed by atoms with Crippen molar-refractivity contribution in [3.05, 3.63) is 95.3 Å². The zero-order valence-electron chi connectivity index (χ0n) is 15.6. The van der Waals surface area contributed by atoms with Gasteiger partial charge in [0, 0.05) is 5.69 Å². The fraction of sp³-hybridized carbons (Fsp3) is 0.0455. The number of aryl methyl sites for hydroxylation is 1. The Morgan fingerprint density at radius 1 is 1.07 bits per heavy atom. The third kappa shape index (κ3) is 6.22. The van der Waals surface area contributed by atoms with Gasteiger partial charge in [0.15, 0.2) is 5.11 Å². The number of hydrazone groups is 1. The van der Waals surface area contributed by atoms with Crippen molar-refractivity contribution in [3.63, 3.8) is 0 Å². The Kier molecular flexibility index (Phi) is 6.65. The van der Waals surface area contributed by atoms with Gasteiger partial charge in [-0.2, -0.15) is 5.10 Å². The molecule has 29 heavy (non-hydrogen) atoms. The lowest BCUT2D eigenvalue weighted by Crippen LogP contribution is -2.23.